The molecule has 1 heterocycles. The Bertz CT molecular complexity index is 298. The Morgan fingerprint density at radius 2 is 1.95 bits per heavy atom. The molecule has 1 N–H and O–H groups in total. The van der Waals surface area contributed by atoms with Crippen LogP contribution in [0, 0.1) is 22.7 Å². The van der Waals surface area contributed by atoms with E-state index >= 15 is 0 Å². The van der Waals surface area contributed by atoms with Crippen molar-refractivity contribution in [2.45, 2.75) is 66.0 Å². The number of rotatable bonds is 4. The molecule has 3 nitrogen and oxygen atoms in total. The van der Waals surface area contributed by atoms with Crippen molar-refractivity contribution >= 4 is 0 Å². The molecule has 0 radical (unpaired) electrons. The topological polar surface area (TPSA) is 39.1 Å². The standard InChI is InChI=1S/C16H31N3/c1-13(2)18-15(11-17)12-19-9-6-7-14(8-10-19)16(3,4)5/h13-15,18H,6-10,12H2,1-5H3. The van der Waals surface area contributed by atoms with Crippen LogP contribution < -0.4 is 5.32 Å². The summed E-state index contributed by atoms with van der Waals surface area (Å²) in [4.78, 5) is 2.47. The first-order valence-corrected chi connectivity index (χ1v) is 7.71. The van der Waals surface area contributed by atoms with E-state index < -0.39 is 0 Å². The molecular weight excluding hydrogens is 234 g/mol. The van der Waals surface area contributed by atoms with Gasteiger partial charge in [0.15, 0.2) is 0 Å². The molecule has 0 amide bonds. The maximum absolute atomic E-state index is 9.22. The summed E-state index contributed by atoms with van der Waals surface area (Å²) in [6, 6.07) is 2.73. The lowest BCUT2D eigenvalue weighted by Gasteiger charge is -2.30. The van der Waals surface area contributed by atoms with Crippen molar-refractivity contribution in [1.29, 1.82) is 5.26 Å². The summed E-state index contributed by atoms with van der Waals surface area (Å²) in [5.41, 5.74) is 0.417. The van der Waals surface area contributed by atoms with E-state index in [2.05, 4.69) is 50.9 Å². The monoisotopic (exact) mass is 265 g/mol. The highest BCUT2D eigenvalue weighted by Gasteiger charge is 2.27. The van der Waals surface area contributed by atoms with Crippen molar-refractivity contribution in [2.75, 3.05) is 19.6 Å². The predicted octanol–water partition coefficient (Wildman–Crippen LogP) is 3.02. The number of nitriles is 1. The minimum Gasteiger partial charge on any atom is -0.301 e. The summed E-state index contributed by atoms with van der Waals surface area (Å²) in [6.07, 6.45) is 3.86. The van der Waals surface area contributed by atoms with Gasteiger partial charge in [-0.15, -0.1) is 0 Å². The molecule has 1 aliphatic heterocycles. The van der Waals surface area contributed by atoms with E-state index in [-0.39, 0.29) is 6.04 Å². The normalized spacial score (nSPS) is 23.9. The first-order valence-electron chi connectivity index (χ1n) is 7.71. The van der Waals surface area contributed by atoms with Crippen LogP contribution in [0.2, 0.25) is 0 Å². The molecule has 0 saturated carbocycles. The van der Waals surface area contributed by atoms with E-state index in [0.717, 1.165) is 25.6 Å². The van der Waals surface area contributed by atoms with Gasteiger partial charge in [0.1, 0.15) is 6.04 Å². The van der Waals surface area contributed by atoms with Gasteiger partial charge in [-0.3, -0.25) is 5.32 Å². The molecule has 1 aliphatic rings. The molecule has 0 aromatic carbocycles. The van der Waals surface area contributed by atoms with Crippen molar-refractivity contribution in [3.63, 3.8) is 0 Å². The van der Waals surface area contributed by atoms with Gasteiger partial charge in [-0.25, -0.2) is 0 Å². The molecule has 2 atom stereocenters. The summed E-state index contributed by atoms with van der Waals surface area (Å²) in [5.74, 6) is 0.816. The highest BCUT2D eigenvalue weighted by Crippen LogP contribution is 2.34. The average molecular weight is 265 g/mol. The Hall–Kier alpha value is -0.590. The van der Waals surface area contributed by atoms with Gasteiger partial charge in [0.25, 0.3) is 0 Å². The minimum atomic E-state index is -0.0359. The van der Waals surface area contributed by atoms with Gasteiger partial charge in [0.2, 0.25) is 0 Å². The third kappa shape index (κ3) is 5.93. The van der Waals surface area contributed by atoms with E-state index in [1.807, 2.05) is 0 Å². The second-order valence-corrected chi connectivity index (χ2v) is 7.30. The lowest BCUT2D eigenvalue weighted by atomic mass is 9.77. The third-order valence-corrected chi connectivity index (χ3v) is 4.18. The minimum absolute atomic E-state index is 0.0359. The fourth-order valence-corrected chi connectivity index (χ4v) is 3.00. The zero-order chi connectivity index (χ0) is 14.5. The van der Waals surface area contributed by atoms with Crippen molar-refractivity contribution < 1.29 is 0 Å². The van der Waals surface area contributed by atoms with E-state index in [0.29, 0.717) is 11.5 Å². The summed E-state index contributed by atoms with van der Waals surface area (Å²) in [7, 11) is 0. The fourth-order valence-electron chi connectivity index (χ4n) is 3.00. The summed E-state index contributed by atoms with van der Waals surface area (Å²) < 4.78 is 0. The van der Waals surface area contributed by atoms with Crippen LogP contribution in [0.5, 0.6) is 0 Å². The van der Waals surface area contributed by atoms with E-state index in [4.69, 9.17) is 0 Å². The van der Waals surface area contributed by atoms with Crippen LogP contribution >= 0.6 is 0 Å². The van der Waals surface area contributed by atoms with E-state index in [1.165, 1.54) is 19.3 Å². The molecular formula is C16H31N3. The van der Waals surface area contributed by atoms with Gasteiger partial charge < -0.3 is 4.90 Å². The molecule has 1 rings (SSSR count). The summed E-state index contributed by atoms with van der Waals surface area (Å²) in [6.45, 7) is 14.4. The highest BCUT2D eigenvalue weighted by molar-refractivity contribution is 4.93. The van der Waals surface area contributed by atoms with Crippen molar-refractivity contribution in [2.24, 2.45) is 11.3 Å². The fraction of sp³-hybridized carbons (Fsp3) is 0.938. The molecule has 19 heavy (non-hydrogen) atoms. The predicted molar refractivity (Wildman–Crippen MR) is 80.9 cm³/mol. The molecule has 3 heteroatoms. The molecule has 0 aliphatic carbocycles. The number of hydrogen-bond acceptors (Lipinski definition) is 3. The maximum atomic E-state index is 9.22. The Morgan fingerprint density at radius 3 is 2.47 bits per heavy atom. The van der Waals surface area contributed by atoms with Crippen LogP contribution in [-0.4, -0.2) is 36.6 Å². The largest absolute Gasteiger partial charge is 0.301 e. The van der Waals surface area contributed by atoms with Crippen LogP contribution in [0.1, 0.15) is 53.9 Å². The highest BCUT2D eigenvalue weighted by atomic mass is 15.2. The average Bonchev–Trinajstić information content (AvgIpc) is 2.52. The summed E-state index contributed by atoms with van der Waals surface area (Å²) >= 11 is 0. The Kier molecular flexibility index (Phi) is 6.29. The Balaban J connectivity index is 2.47. The Labute approximate surface area is 119 Å². The van der Waals surface area contributed by atoms with Gasteiger partial charge >= 0.3 is 0 Å². The molecule has 0 aromatic rings. The maximum Gasteiger partial charge on any atom is 0.108 e. The zero-order valence-electron chi connectivity index (χ0n) is 13.4. The second-order valence-electron chi connectivity index (χ2n) is 7.30. The number of nitrogens with zero attached hydrogens (tertiary/aromatic N) is 2. The quantitative estimate of drug-likeness (QED) is 0.849. The number of nitrogens with one attached hydrogen (secondary N) is 1. The van der Waals surface area contributed by atoms with E-state index in [9.17, 15) is 5.26 Å². The second kappa shape index (κ2) is 7.26. The Morgan fingerprint density at radius 1 is 1.26 bits per heavy atom. The van der Waals surface area contributed by atoms with Crippen molar-refractivity contribution in [3.8, 4) is 6.07 Å². The third-order valence-electron chi connectivity index (χ3n) is 4.18. The molecule has 2 unspecified atom stereocenters. The molecule has 110 valence electrons. The molecule has 0 spiro atoms. The van der Waals surface area contributed by atoms with Crippen molar-refractivity contribution in [3.05, 3.63) is 0 Å². The lowest BCUT2D eigenvalue weighted by molar-refractivity contribution is 0.205. The number of likely N-dealkylation sites (tertiary alicyclic amines) is 1. The number of hydrogen-bond donors (Lipinski definition) is 1. The van der Waals surface area contributed by atoms with Crippen LogP contribution in [0.4, 0.5) is 0 Å². The SMILES string of the molecule is CC(C)NC(C#N)CN1CCCC(C(C)(C)C)CC1. The van der Waals surface area contributed by atoms with Crippen LogP contribution in [0.15, 0.2) is 0 Å². The van der Waals surface area contributed by atoms with Crippen LogP contribution in [0.25, 0.3) is 0 Å². The van der Waals surface area contributed by atoms with Gasteiger partial charge in [-0.05, 0) is 57.5 Å². The smallest absolute Gasteiger partial charge is 0.108 e. The van der Waals surface area contributed by atoms with Crippen LogP contribution in [0.3, 0.4) is 0 Å². The van der Waals surface area contributed by atoms with Gasteiger partial charge in [-0.2, -0.15) is 5.26 Å². The van der Waals surface area contributed by atoms with Gasteiger partial charge in [0.05, 0.1) is 6.07 Å². The molecule has 0 bridgehead atoms. The van der Waals surface area contributed by atoms with E-state index in [1.54, 1.807) is 0 Å². The first-order chi connectivity index (χ1) is 8.82. The zero-order valence-corrected chi connectivity index (χ0v) is 13.4. The molecule has 1 saturated heterocycles. The first kappa shape index (κ1) is 16.5. The van der Waals surface area contributed by atoms with Crippen molar-refractivity contribution in [1.82, 2.24) is 10.2 Å². The lowest BCUT2D eigenvalue weighted by Crippen LogP contribution is -2.43. The van der Waals surface area contributed by atoms with Gasteiger partial charge in [0, 0.05) is 12.6 Å². The van der Waals surface area contributed by atoms with Gasteiger partial charge in [-0.1, -0.05) is 20.8 Å². The molecule has 0 aromatic heterocycles. The molecule has 1 fully saturated rings. The van der Waals surface area contributed by atoms with Crippen LogP contribution in [-0.2, 0) is 0 Å². The summed E-state index contributed by atoms with van der Waals surface area (Å²) in [5, 5.41) is 12.6.